The summed E-state index contributed by atoms with van der Waals surface area (Å²) in [6, 6.07) is 18.0. The lowest BCUT2D eigenvalue weighted by atomic mass is 10.1. The second-order valence-electron chi connectivity index (χ2n) is 6.18. The quantitative estimate of drug-likeness (QED) is 0.727. The van der Waals surface area contributed by atoms with Gasteiger partial charge in [0.1, 0.15) is 0 Å². The van der Waals surface area contributed by atoms with Gasteiger partial charge in [0.05, 0.1) is 5.56 Å². The van der Waals surface area contributed by atoms with Crippen LogP contribution in [0.1, 0.15) is 32.9 Å². The zero-order chi connectivity index (χ0) is 17.3. The predicted molar refractivity (Wildman–Crippen MR) is 99.1 cm³/mol. The molecule has 0 aliphatic rings. The molecule has 0 saturated heterocycles. The van der Waals surface area contributed by atoms with Crippen molar-refractivity contribution in [2.45, 2.75) is 27.7 Å². The highest BCUT2D eigenvalue weighted by Gasteiger charge is 2.17. The van der Waals surface area contributed by atoms with Gasteiger partial charge in [0.2, 0.25) is 0 Å². The van der Waals surface area contributed by atoms with E-state index in [1.807, 2.05) is 63.2 Å². The van der Waals surface area contributed by atoms with Gasteiger partial charge in [-0.25, -0.2) is 0 Å². The molecular formula is C21H22N2O. The molecule has 3 heteroatoms. The third-order valence-electron chi connectivity index (χ3n) is 4.43. The Morgan fingerprint density at radius 1 is 0.875 bits per heavy atom. The molecule has 0 aliphatic heterocycles. The molecule has 122 valence electrons. The summed E-state index contributed by atoms with van der Waals surface area (Å²) in [5.74, 6) is -0.0720. The van der Waals surface area contributed by atoms with Crippen LogP contribution in [-0.4, -0.2) is 10.5 Å². The van der Waals surface area contributed by atoms with Crippen LogP contribution in [0.15, 0.2) is 54.6 Å². The number of para-hydroxylation sites is 2. The molecule has 2 aromatic carbocycles. The summed E-state index contributed by atoms with van der Waals surface area (Å²) in [4.78, 5) is 12.7. The highest BCUT2D eigenvalue weighted by atomic mass is 16.1. The fraction of sp³-hybridized carbons (Fsp3) is 0.190. The molecule has 1 aromatic heterocycles. The summed E-state index contributed by atoms with van der Waals surface area (Å²) in [5.41, 5.74) is 6.91. The third kappa shape index (κ3) is 2.85. The summed E-state index contributed by atoms with van der Waals surface area (Å²) in [6.45, 7) is 8.10. The largest absolute Gasteiger partial charge is 0.322 e. The molecule has 0 unspecified atom stereocenters. The number of aryl methyl sites for hydroxylation is 3. The zero-order valence-electron chi connectivity index (χ0n) is 14.6. The Balaban J connectivity index is 1.99. The maximum Gasteiger partial charge on any atom is 0.257 e. The fourth-order valence-corrected chi connectivity index (χ4v) is 3.08. The number of carbonyl (C=O) groups excluding carboxylic acids is 1. The highest BCUT2D eigenvalue weighted by molar-refractivity contribution is 6.05. The molecule has 24 heavy (non-hydrogen) atoms. The van der Waals surface area contributed by atoms with Gasteiger partial charge in [-0.1, -0.05) is 36.4 Å². The normalized spacial score (nSPS) is 10.7. The van der Waals surface area contributed by atoms with Gasteiger partial charge >= 0.3 is 0 Å². The monoisotopic (exact) mass is 318 g/mol. The number of hydrogen-bond acceptors (Lipinski definition) is 1. The molecule has 3 aromatic rings. The van der Waals surface area contributed by atoms with Crippen molar-refractivity contribution in [2.24, 2.45) is 0 Å². The molecule has 1 N–H and O–H groups in total. The molecular weight excluding hydrogens is 296 g/mol. The fourth-order valence-electron chi connectivity index (χ4n) is 3.08. The number of benzene rings is 2. The summed E-state index contributed by atoms with van der Waals surface area (Å²) in [7, 11) is 0. The molecule has 1 amide bonds. The number of anilines is 1. The second-order valence-corrected chi connectivity index (χ2v) is 6.18. The molecule has 3 nitrogen and oxygen atoms in total. The second kappa shape index (κ2) is 6.36. The lowest BCUT2D eigenvalue weighted by Gasteiger charge is -2.13. The average molecular weight is 318 g/mol. The van der Waals surface area contributed by atoms with Crippen LogP contribution in [0.4, 0.5) is 5.69 Å². The van der Waals surface area contributed by atoms with Gasteiger partial charge < -0.3 is 9.88 Å². The summed E-state index contributed by atoms with van der Waals surface area (Å²) < 4.78 is 2.14. The van der Waals surface area contributed by atoms with Crippen LogP contribution in [0.5, 0.6) is 0 Å². The average Bonchev–Trinajstić information content (AvgIpc) is 2.85. The maximum absolute atomic E-state index is 12.7. The number of carbonyl (C=O) groups is 1. The van der Waals surface area contributed by atoms with Crippen molar-refractivity contribution in [2.75, 3.05) is 5.32 Å². The van der Waals surface area contributed by atoms with Gasteiger partial charge in [0.25, 0.3) is 5.91 Å². The van der Waals surface area contributed by atoms with E-state index in [-0.39, 0.29) is 5.91 Å². The Bertz CT molecular complexity index is 906. The van der Waals surface area contributed by atoms with Crippen molar-refractivity contribution in [3.63, 3.8) is 0 Å². The van der Waals surface area contributed by atoms with E-state index >= 15 is 0 Å². The van der Waals surface area contributed by atoms with Gasteiger partial charge in [-0.2, -0.15) is 0 Å². The molecule has 0 saturated carbocycles. The van der Waals surface area contributed by atoms with Crippen LogP contribution < -0.4 is 5.32 Å². The lowest BCUT2D eigenvalue weighted by Crippen LogP contribution is -2.14. The van der Waals surface area contributed by atoms with Gasteiger partial charge in [0, 0.05) is 22.8 Å². The van der Waals surface area contributed by atoms with Crippen LogP contribution in [0, 0.1) is 27.7 Å². The van der Waals surface area contributed by atoms with Crippen LogP contribution in [0.2, 0.25) is 0 Å². The number of amides is 1. The van der Waals surface area contributed by atoms with E-state index in [4.69, 9.17) is 0 Å². The Morgan fingerprint density at radius 3 is 2.17 bits per heavy atom. The van der Waals surface area contributed by atoms with E-state index in [0.717, 1.165) is 28.3 Å². The lowest BCUT2D eigenvalue weighted by molar-refractivity contribution is 0.102. The SMILES string of the molecule is Cc1ccccc1NC(=O)c1cc(C)n(-c2ccccc2C)c1C. The molecule has 0 radical (unpaired) electrons. The molecule has 3 rings (SSSR count). The number of nitrogens with one attached hydrogen (secondary N) is 1. The Hall–Kier alpha value is -2.81. The van der Waals surface area contributed by atoms with Crippen LogP contribution in [-0.2, 0) is 0 Å². The van der Waals surface area contributed by atoms with E-state index in [2.05, 4.69) is 28.9 Å². The number of hydrogen-bond donors (Lipinski definition) is 1. The molecule has 0 aliphatic carbocycles. The van der Waals surface area contributed by atoms with E-state index in [9.17, 15) is 4.79 Å². The van der Waals surface area contributed by atoms with Gasteiger partial charge in [0.15, 0.2) is 0 Å². The molecule has 0 spiro atoms. The minimum absolute atomic E-state index is 0.0720. The highest BCUT2D eigenvalue weighted by Crippen LogP contribution is 2.24. The first-order valence-corrected chi connectivity index (χ1v) is 8.11. The van der Waals surface area contributed by atoms with Crippen molar-refractivity contribution in [1.82, 2.24) is 4.57 Å². The third-order valence-corrected chi connectivity index (χ3v) is 4.43. The summed E-state index contributed by atoms with van der Waals surface area (Å²) in [6.07, 6.45) is 0. The van der Waals surface area contributed by atoms with E-state index < -0.39 is 0 Å². The van der Waals surface area contributed by atoms with Gasteiger partial charge in [-0.05, 0) is 57.0 Å². The first-order valence-electron chi connectivity index (χ1n) is 8.11. The molecule has 0 fully saturated rings. The van der Waals surface area contributed by atoms with E-state index in [1.54, 1.807) is 0 Å². The van der Waals surface area contributed by atoms with Crippen LogP contribution in [0.25, 0.3) is 5.69 Å². The number of nitrogens with zero attached hydrogens (tertiary/aromatic N) is 1. The molecule has 0 bridgehead atoms. The van der Waals surface area contributed by atoms with E-state index in [0.29, 0.717) is 5.56 Å². The Kier molecular flexibility index (Phi) is 4.26. The number of aromatic nitrogens is 1. The first kappa shape index (κ1) is 16.1. The Labute approximate surface area is 143 Å². The predicted octanol–water partition coefficient (Wildman–Crippen LogP) is 4.96. The summed E-state index contributed by atoms with van der Waals surface area (Å²) in [5, 5.41) is 3.02. The standard InChI is InChI=1S/C21H22N2O/c1-14-9-5-7-11-19(14)22-21(24)18-13-16(3)23(17(18)4)20-12-8-6-10-15(20)2/h5-13H,1-4H3,(H,22,24). The molecule has 0 atom stereocenters. The Morgan fingerprint density at radius 2 is 1.50 bits per heavy atom. The zero-order valence-corrected chi connectivity index (χ0v) is 14.6. The van der Waals surface area contributed by atoms with Crippen LogP contribution >= 0.6 is 0 Å². The minimum Gasteiger partial charge on any atom is -0.322 e. The maximum atomic E-state index is 12.7. The minimum atomic E-state index is -0.0720. The van der Waals surface area contributed by atoms with Gasteiger partial charge in [-0.15, -0.1) is 0 Å². The van der Waals surface area contributed by atoms with Gasteiger partial charge in [-0.3, -0.25) is 4.79 Å². The smallest absolute Gasteiger partial charge is 0.257 e. The molecule has 1 heterocycles. The van der Waals surface area contributed by atoms with Crippen molar-refractivity contribution >= 4 is 11.6 Å². The van der Waals surface area contributed by atoms with Crippen molar-refractivity contribution in [1.29, 1.82) is 0 Å². The van der Waals surface area contributed by atoms with Crippen molar-refractivity contribution in [3.8, 4) is 5.69 Å². The summed E-state index contributed by atoms with van der Waals surface area (Å²) >= 11 is 0. The first-order chi connectivity index (χ1) is 11.5. The van der Waals surface area contributed by atoms with Crippen molar-refractivity contribution < 1.29 is 4.79 Å². The number of rotatable bonds is 3. The van der Waals surface area contributed by atoms with E-state index in [1.165, 1.54) is 5.56 Å². The van der Waals surface area contributed by atoms with Crippen LogP contribution in [0.3, 0.4) is 0 Å². The topological polar surface area (TPSA) is 34.0 Å². The van der Waals surface area contributed by atoms with Crippen molar-refractivity contribution in [3.05, 3.63) is 82.7 Å².